The Morgan fingerprint density at radius 1 is 0.929 bits per heavy atom. The van der Waals surface area contributed by atoms with Gasteiger partial charge in [0.15, 0.2) is 0 Å². The number of alkyl halides is 6. The lowest BCUT2D eigenvalue weighted by Gasteiger charge is -2.17. The number of Topliss-reactive ketones (excluding diaryl/α,β-unsaturated/α-hetero) is 1. The Morgan fingerprint density at radius 2 is 1.07 bits per heavy atom. The van der Waals surface area contributed by atoms with Crippen molar-refractivity contribution in [3.8, 4) is 0 Å². The van der Waals surface area contributed by atoms with Crippen LogP contribution in [0.2, 0.25) is 0 Å². The molecule has 0 atom stereocenters. The fourth-order valence-corrected chi connectivity index (χ4v) is 0.186. The summed E-state index contributed by atoms with van der Waals surface area (Å²) in [5.41, 5.74) is 0. The number of ketones is 1. The van der Waals surface area contributed by atoms with Crippen LogP contribution in [0.3, 0.4) is 0 Å². The van der Waals surface area contributed by atoms with Crippen molar-refractivity contribution in [2.75, 3.05) is 0 Å². The van der Waals surface area contributed by atoms with E-state index < -0.39 is 18.3 Å². The van der Waals surface area contributed by atoms with Gasteiger partial charge < -0.3 is 4.79 Å². The highest BCUT2D eigenvalue weighted by Gasteiger charge is 2.53. The first-order valence-corrected chi connectivity index (χ1v) is 3.49. The van der Waals surface area contributed by atoms with Crippen molar-refractivity contribution in [1.29, 1.82) is 0 Å². The first kappa shape index (κ1) is 15.7. The quantitative estimate of drug-likeness (QED) is 0.576. The van der Waals surface area contributed by atoms with Crippen LogP contribution in [0, 0.1) is 5.92 Å². The predicted octanol–water partition coefficient (Wildman–Crippen LogP) is 3.34. The van der Waals surface area contributed by atoms with Crippen molar-refractivity contribution < 1.29 is 31.1 Å². The molecule has 7 heteroatoms. The van der Waals surface area contributed by atoms with Crippen molar-refractivity contribution in [2.24, 2.45) is 5.92 Å². The first-order chi connectivity index (χ1) is 5.89. The zero-order chi connectivity index (χ0) is 12.2. The van der Waals surface area contributed by atoms with Gasteiger partial charge >= 0.3 is 12.4 Å². The standard InChI is InChI=1S/C4H4F6.C3H6O/c1-2(3(5,6)7)4(8,9)10;1-3(2)4/h2H,1H3;1-2H3. The van der Waals surface area contributed by atoms with Crippen LogP contribution in [0.15, 0.2) is 0 Å². The maximum Gasteiger partial charge on any atom is 0.400 e. The van der Waals surface area contributed by atoms with E-state index in [0.717, 1.165) is 0 Å². The molecule has 0 amide bonds. The number of rotatable bonds is 0. The summed E-state index contributed by atoms with van der Waals surface area (Å²) in [5, 5.41) is 0. The molecule has 0 unspecified atom stereocenters. The second-order valence-corrected chi connectivity index (χ2v) is 2.71. The maximum atomic E-state index is 11.2. The highest BCUT2D eigenvalue weighted by molar-refractivity contribution is 5.72. The van der Waals surface area contributed by atoms with Gasteiger partial charge in [-0.25, -0.2) is 0 Å². The van der Waals surface area contributed by atoms with Gasteiger partial charge in [-0.15, -0.1) is 0 Å². The monoisotopic (exact) mass is 224 g/mol. The Hall–Kier alpha value is -0.750. The lowest BCUT2D eigenvalue weighted by molar-refractivity contribution is -0.278. The normalized spacial score (nSPS) is 12.1. The molecule has 86 valence electrons. The van der Waals surface area contributed by atoms with Crippen LogP contribution in [-0.4, -0.2) is 18.1 Å². The van der Waals surface area contributed by atoms with E-state index in [4.69, 9.17) is 0 Å². The summed E-state index contributed by atoms with van der Waals surface area (Å²) in [6, 6.07) is 0. The van der Waals surface area contributed by atoms with Crippen LogP contribution in [0.5, 0.6) is 0 Å². The predicted molar refractivity (Wildman–Crippen MR) is 37.6 cm³/mol. The van der Waals surface area contributed by atoms with E-state index in [-0.39, 0.29) is 12.7 Å². The second kappa shape index (κ2) is 5.21. The van der Waals surface area contributed by atoms with Crippen LogP contribution < -0.4 is 0 Å². The minimum Gasteiger partial charge on any atom is -0.300 e. The summed E-state index contributed by atoms with van der Waals surface area (Å²) in [4.78, 5) is 9.44. The molecule has 0 aliphatic rings. The number of hydrogen-bond donors (Lipinski definition) is 0. The Kier molecular flexibility index (Phi) is 5.85. The van der Waals surface area contributed by atoms with Crippen molar-refractivity contribution in [3.63, 3.8) is 0 Å². The second-order valence-electron chi connectivity index (χ2n) is 2.71. The molecule has 1 nitrogen and oxygen atoms in total. The number of carbonyl (C=O) groups is 1. The van der Waals surface area contributed by atoms with Crippen LogP contribution in [-0.2, 0) is 4.79 Å². The molecule has 0 bridgehead atoms. The molecule has 0 aromatic carbocycles. The van der Waals surface area contributed by atoms with Crippen LogP contribution in [0.4, 0.5) is 26.3 Å². The summed E-state index contributed by atoms with van der Waals surface area (Å²) < 4.78 is 67.4. The minimum atomic E-state index is -5.18. The first-order valence-electron chi connectivity index (χ1n) is 3.49. The Morgan fingerprint density at radius 3 is 1.07 bits per heavy atom. The van der Waals surface area contributed by atoms with Gasteiger partial charge in [0, 0.05) is 0 Å². The van der Waals surface area contributed by atoms with Gasteiger partial charge in [-0.3, -0.25) is 0 Å². The van der Waals surface area contributed by atoms with Gasteiger partial charge in [-0.05, 0) is 20.8 Å². The molecule has 0 aromatic heterocycles. The smallest absolute Gasteiger partial charge is 0.300 e. The molecule has 0 N–H and O–H groups in total. The van der Waals surface area contributed by atoms with Crippen LogP contribution >= 0.6 is 0 Å². The number of carbonyl (C=O) groups excluding carboxylic acids is 1. The topological polar surface area (TPSA) is 17.1 Å². The Balaban J connectivity index is 0. The summed E-state index contributed by atoms with van der Waals surface area (Å²) >= 11 is 0. The fraction of sp³-hybridized carbons (Fsp3) is 0.857. The molecular weight excluding hydrogens is 214 g/mol. The molecule has 14 heavy (non-hydrogen) atoms. The Bertz CT molecular complexity index is 162. The van der Waals surface area contributed by atoms with Gasteiger partial charge in [0.25, 0.3) is 0 Å². The van der Waals surface area contributed by atoms with Gasteiger partial charge in [-0.1, -0.05) is 0 Å². The molecule has 0 radical (unpaired) electrons. The van der Waals surface area contributed by atoms with E-state index in [1.807, 2.05) is 0 Å². The minimum absolute atomic E-state index is 0.0833. The zero-order valence-electron chi connectivity index (χ0n) is 7.75. The fourth-order valence-electron chi connectivity index (χ4n) is 0.186. The summed E-state index contributed by atoms with van der Waals surface area (Å²) in [7, 11) is 0. The van der Waals surface area contributed by atoms with Crippen LogP contribution in [0.1, 0.15) is 20.8 Å². The highest BCUT2D eigenvalue weighted by atomic mass is 19.4. The third kappa shape index (κ3) is 9.34. The van der Waals surface area contributed by atoms with Gasteiger partial charge in [-0.2, -0.15) is 26.3 Å². The van der Waals surface area contributed by atoms with E-state index in [9.17, 15) is 31.1 Å². The molecule has 0 aromatic rings. The van der Waals surface area contributed by atoms with E-state index in [1.54, 1.807) is 0 Å². The van der Waals surface area contributed by atoms with E-state index in [2.05, 4.69) is 0 Å². The third-order valence-corrected chi connectivity index (χ3v) is 0.982. The van der Waals surface area contributed by atoms with E-state index in [1.165, 1.54) is 13.8 Å². The molecule has 0 saturated carbocycles. The van der Waals surface area contributed by atoms with Gasteiger partial charge in [0.05, 0.1) is 0 Å². The van der Waals surface area contributed by atoms with E-state index >= 15 is 0 Å². The molecular formula is C7H10F6O. The average molecular weight is 224 g/mol. The lowest BCUT2D eigenvalue weighted by atomic mass is 10.2. The molecule has 0 aliphatic carbocycles. The van der Waals surface area contributed by atoms with E-state index in [0.29, 0.717) is 0 Å². The SMILES string of the molecule is CC(C(F)(F)F)C(F)(F)F.CC(C)=O. The summed E-state index contributed by atoms with van der Waals surface area (Å²) in [6.07, 6.45) is -10.4. The highest BCUT2D eigenvalue weighted by Crippen LogP contribution is 2.38. The largest absolute Gasteiger partial charge is 0.400 e. The van der Waals surface area contributed by atoms with Crippen molar-refractivity contribution in [1.82, 2.24) is 0 Å². The molecule has 0 aliphatic heterocycles. The molecule has 0 heterocycles. The van der Waals surface area contributed by atoms with Crippen molar-refractivity contribution >= 4 is 5.78 Å². The molecule has 0 rings (SSSR count). The number of halogens is 6. The summed E-state index contributed by atoms with van der Waals surface area (Å²) in [6.45, 7) is 3.14. The van der Waals surface area contributed by atoms with Crippen molar-refractivity contribution in [3.05, 3.63) is 0 Å². The average Bonchev–Trinajstić information content (AvgIpc) is 1.80. The lowest BCUT2D eigenvalue weighted by Crippen LogP contribution is -2.33. The summed E-state index contributed by atoms with van der Waals surface area (Å²) in [5.74, 6) is -3.07. The van der Waals surface area contributed by atoms with Gasteiger partial charge in [0.1, 0.15) is 11.7 Å². The molecule has 0 saturated heterocycles. The molecule has 0 fully saturated rings. The third-order valence-electron chi connectivity index (χ3n) is 0.982. The maximum absolute atomic E-state index is 11.2. The zero-order valence-corrected chi connectivity index (χ0v) is 7.75. The van der Waals surface area contributed by atoms with Crippen molar-refractivity contribution in [2.45, 2.75) is 33.1 Å². The molecule has 0 spiro atoms. The number of hydrogen-bond acceptors (Lipinski definition) is 1. The van der Waals surface area contributed by atoms with Crippen LogP contribution in [0.25, 0.3) is 0 Å². The Labute approximate surface area is 77.1 Å². The van der Waals surface area contributed by atoms with Gasteiger partial charge in [0.2, 0.25) is 0 Å².